The molecule has 4 N–H and O–H groups in total. The number of ether oxygens (including phenoxy) is 2. The fraction of sp³-hybridized carbons (Fsp3) is 0.364. The van der Waals surface area contributed by atoms with E-state index >= 15 is 0 Å². The average Bonchev–Trinajstić information content (AvgIpc) is 3.10. The first-order valence-electron chi connectivity index (χ1n) is 9.65. The highest BCUT2D eigenvalue weighted by molar-refractivity contribution is 6.31. The van der Waals surface area contributed by atoms with E-state index in [1.807, 2.05) is 36.5 Å². The van der Waals surface area contributed by atoms with Crippen LogP contribution in [0.3, 0.4) is 0 Å². The summed E-state index contributed by atoms with van der Waals surface area (Å²) < 4.78 is 12.7. The molecule has 7 nitrogen and oxygen atoms in total. The quantitative estimate of drug-likeness (QED) is 0.489. The minimum absolute atomic E-state index is 0.486. The van der Waals surface area contributed by atoms with Crippen LogP contribution in [0.4, 0.5) is 0 Å². The number of halogens is 1. The molecule has 4 rings (SSSR count). The Bertz CT molecular complexity index is 1020. The minimum Gasteiger partial charge on any atom is -0.497 e. The largest absolute Gasteiger partial charge is 0.497 e. The van der Waals surface area contributed by atoms with E-state index < -0.39 is 37.3 Å². The Morgan fingerprint density at radius 1 is 1.03 bits per heavy atom. The zero-order valence-corrected chi connectivity index (χ0v) is 17.1. The van der Waals surface area contributed by atoms with Gasteiger partial charge in [0.2, 0.25) is 0 Å². The highest BCUT2D eigenvalue weighted by Crippen LogP contribution is 2.35. The Hall–Kier alpha value is -2.13. The zero-order chi connectivity index (χ0) is 21.4. The highest BCUT2D eigenvalue weighted by Gasteiger charge is 2.44. The molecular weight excluding hydrogens is 410 g/mol. The number of aliphatic hydroxyl groups excluding tert-OH is 4. The van der Waals surface area contributed by atoms with Gasteiger partial charge in [0.1, 0.15) is 30.2 Å². The second kappa shape index (κ2) is 8.55. The van der Waals surface area contributed by atoms with Crippen LogP contribution in [0.15, 0.2) is 48.7 Å². The summed E-state index contributed by atoms with van der Waals surface area (Å²) in [6, 6.07) is 13.2. The molecule has 8 heteroatoms. The summed E-state index contributed by atoms with van der Waals surface area (Å²) in [5, 5.41) is 41.8. The smallest absolute Gasteiger partial charge is 0.163 e. The van der Waals surface area contributed by atoms with Crippen molar-refractivity contribution >= 4 is 22.5 Å². The molecular formula is C22H24ClNO6. The number of hydrogen-bond acceptors (Lipinski definition) is 6. The lowest BCUT2D eigenvalue weighted by atomic mass is 9.98. The standard InChI is InChI=1S/C22H24ClNO6/c1-29-15-5-2-12(3-6-15)8-13-10-24(17-9-14(23)4-7-16(13)17)22-21(28)20(27)19(26)18(11-25)30-22/h2-7,9-10,18-22,25-28H,8,11H2,1H3/t18-,19-,20+,21-,22-/m1/s1. The second-order valence-electron chi connectivity index (χ2n) is 7.47. The van der Waals surface area contributed by atoms with Crippen molar-refractivity contribution in [3.63, 3.8) is 0 Å². The number of hydrogen-bond donors (Lipinski definition) is 4. The molecule has 1 fully saturated rings. The van der Waals surface area contributed by atoms with Gasteiger partial charge in [0.05, 0.1) is 19.2 Å². The van der Waals surface area contributed by atoms with E-state index in [4.69, 9.17) is 21.1 Å². The Morgan fingerprint density at radius 3 is 2.43 bits per heavy atom. The minimum atomic E-state index is -1.46. The van der Waals surface area contributed by atoms with Crippen molar-refractivity contribution in [3.05, 3.63) is 64.8 Å². The molecule has 0 amide bonds. The first-order valence-corrected chi connectivity index (χ1v) is 10.0. The van der Waals surface area contributed by atoms with Gasteiger partial charge in [0, 0.05) is 16.6 Å². The normalized spacial score (nSPS) is 26.8. The maximum Gasteiger partial charge on any atom is 0.163 e. The maximum atomic E-state index is 10.6. The molecule has 0 saturated carbocycles. The van der Waals surface area contributed by atoms with Crippen molar-refractivity contribution in [1.82, 2.24) is 4.57 Å². The van der Waals surface area contributed by atoms with Crippen LogP contribution in [0.2, 0.25) is 5.02 Å². The molecule has 160 valence electrons. The highest BCUT2D eigenvalue weighted by atomic mass is 35.5. The third-order valence-electron chi connectivity index (χ3n) is 5.57. The molecule has 0 spiro atoms. The number of fused-ring (bicyclic) bond motifs is 1. The maximum absolute atomic E-state index is 10.6. The number of nitrogens with zero attached hydrogens (tertiary/aromatic N) is 1. The van der Waals surface area contributed by atoms with Crippen molar-refractivity contribution in [2.24, 2.45) is 0 Å². The van der Waals surface area contributed by atoms with Crippen molar-refractivity contribution in [2.45, 2.75) is 37.1 Å². The summed E-state index contributed by atoms with van der Waals surface area (Å²) in [6.45, 7) is -0.486. The van der Waals surface area contributed by atoms with Gasteiger partial charge in [0.25, 0.3) is 0 Å². The van der Waals surface area contributed by atoms with E-state index in [9.17, 15) is 20.4 Å². The number of benzene rings is 2. The molecule has 1 aliphatic heterocycles. The second-order valence-corrected chi connectivity index (χ2v) is 7.90. The Labute approximate surface area is 178 Å². The summed E-state index contributed by atoms with van der Waals surface area (Å²) in [5.41, 5.74) is 2.76. The molecule has 1 aromatic heterocycles. The summed E-state index contributed by atoms with van der Waals surface area (Å²) in [7, 11) is 1.62. The average molecular weight is 434 g/mol. The van der Waals surface area contributed by atoms with Crippen LogP contribution in [0.1, 0.15) is 17.4 Å². The molecule has 2 aromatic carbocycles. The van der Waals surface area contributed by atoms with Gasteiger partial charge in [-0.1, -0.05) is 29.8 Å². The van der Waals surface area contributed by atoms with E-state index in [0.717, 1.165) is 27.8 Å². The SMILES string of the molecule is COc1ccc(Cc2cn([C@@H]3O[C@H](CO)[C@@H](O)[C@H](O)[C@H]3O)c3cc(Cl)ccc23)cc1. The molecule has 2 heterocycles. The van der Waals surface area contributed by atoms with E-state index in [0.29, 0.717) is 11.4 Å². The summed E-state index contributed by atoms with van der Waals surface area (Å²) in [5.74, 6) is 0.772. The lowest BCUT2D eigenvalue weighted by Gasteiger charge is -2.40. The van der Waals surface area contributed by atoms with Crippen LogP contribution >= 0.6 is 11.6 Å². The molecule has 1 saturated heterocycles. The van der Waals surface area contributed by atoms with Crippen LogP contribution in [0, 0.1) is 0 Å². The van der Waals surface area contributed by atoms with Crippen molar-refractivity contribution in [2.75, 3.05) is 13.7 Å². The lowest BCUT2D eigenvalue weighted by molar-refractivity contribution is -0.250. The van der Waals surface area contributed by atoms with Crippen molar-refractivity contribution in [3.8, 4) is 5.75 Å². The summed E-state index contributed by atoms with van der Waals surface area (Å²) in [6.07, 6.45) is -3.77. The molecule has 5 atom stereocenters. The fourth-order valence-electron chi connectivity index (χ4n) is 3.92. The van der Waals surface area contributed by atoms with E-state index in [-0.39, 0.29) is 0 Å². The van der Waals surface area contributed by atoms with Crippen LogP contribution in [0.25, 0.3) is 10.9 Å². The third kappa shape index (κ3) is 3.80. The number of aromatic nitrogens is 1. The summed E-state index contributed by atoms with van der Waals surface area (Å²) in [4.78, 5) is 0. The zero-order valence-electron chi connectivity index (χ0n) is 16.4. The Morgan fingerprint density at radius 2 is 1.77 bits per heavy atom. The van der Waals surface area contributed by atoms with E-state index in [2.05, 4.69) is 0 Å². The number of aliphatic hydroxyl groups is 4. The number of rotatable bonds is 5. The van der Waals surface area contributed by atoms with Crippen LogP contribution < -0.4 is 4.74 Å². The summed E-state index contributed by atoms with van der Waals surface area (Å²) >= 11 is 6.22. The molecule has 30 heavy (non-hydrogen) atoms. The molecule has 0 aliphatic carbocycles. The van der Waals surface area contributed by atoms with Gasteiger partial charge in [-0.2, -0.15) is 0 Å². The Kier molecular flexibility index (Phi) is 6.02. The van der Waals surface area contributed by atoms with Crippen molar-refractivity contribution < 1.29 is 29.9 Å². The third-order valence-corrected chi connectivity index (χ3v) is 5.81. The molecule has 1 aliphatic rings. The Balaban J connectivity index is 1.75. The van der Waals surface area contributed by atoms with Gasteiger partial charge in [0.15, 0.2) is 6.23 Å². The predicted molar refractivity (Wildman–Crippen MR) is 112 cm³/mol. The van der Waals surface area contributed by atoms with Gasteiger partial charge in [-0.15, -0.1) is 0 Å². The number of methoxy groups -OCH3 is 1. The monoisotopic (exact) mass is 433 g/mol. The van der Waals surface area contributed by atoms with Crippen molar-refractivity contribution in [1.29, 1.82) is 0 Å². The first kappa shape index (κ1) is 21.1. The topological polar surface area (TPSA) is 104 Å². The first-order chi connectivity index (χ1) is 14.4. The molecule has 0 unspecified atom stereocenters. The fourth-order valence-corrected chi connectivity index (χ4v) is 4.09. The van der Waals surface area contributed by atoms with Crippen LogP contribution in [0.5, 0.6) is 5.75 Å². The molecule has 0 radical (unpaired) electrons. The van der Waals surface area contributed by atoms with Gasteiger partial charge >= 0.3 is 0 Å². The van der Waals surface area contributed by atoms with Gasteiger partial charge in [-0.3, -0.25) is 0 Å². The van der Waals surface area contributed by atoms with Gasteiger partial charge in [-0.05, 0) is 41.8 Å². The van der Waals surface area contributed by atoms with Gasteiger partial charge < -0.3 is 34.5 Å². The van der Waals surface area contributed by atoms with Crippen LogP contribution in [-0.4, -0.2) is 63.1 Å². The molecule has 0 bridgehead atoms. The van der Waals surface area contributed by atoms with Gasteiger partial charge in [-0.25, -0.2) is 0 Å². The van der Waals surface area contributed by atoms with E-state index in [1.54, 1.807) is 23.8 Å². The van der Waals surface area contributed by atoms with E-state index in [1.165, 1.54) is 0 Å². The molecule has 3 aromatic rings. The lowest BCUT2D eigenvalue weighted by Crippen LogP contribution is -2.56. The van der Waals surface area contributed by atoms with Crippen LogP contribution in [-0.2, 0) is 11.2 Å². The predicted octanol–water partition coefficient (Wildman–Crippen LogP) is 1.87.